The number of amides is 1. The highest BCUT2D eigenvalue weighted by molar-refractivity contribution is 9.10. The standard InChI is InChI=1S/C17H15BrCl2N4O/c18-12-3-1-2-10(6-12)9-21-24-17(25)16-8-15(22-23-16)11-4-5-13(19)14(20)7-11/h1-7,9,15-16,22-23H,8H2,(H,24,25)/b21-9+. The van der Waals surface area contributed by atoms with E-state index in [0.29, 0.717) is 16.5 Å². The van der Waals surface area contributed by atoms with Crippen molar-refractivity contribution < 1.29 is 4.79 Å². The molecule has 2 unspecified atom stereocenters. The molecule has 0 spiro atoms. The zero-order chi connectivity index (χ0) is 17.8. The van der Waals surface area contributed by atoms with Crippen LogP contribution in [0.1, 0.15) is 23.6 Å². The Balaban J connectivity index is 1.56. The summed E-state index contributed by atoms with van der Waals surface area (Å²) in [5.41, 5.74) is 10.5. The summed E-state index contributed by atoms with van der Waals surface area (Å²) in [5.74, 6) is -0.207. The van der Waals surface area contributed by atoms with E-state index >= 15 is 0 Å². The molecular weight excluding hydrogens is 427 g/mol. The van der Waals surface area contributed by atoms with Crippen molar-refractivity contribution in [2.24, 2.45) is 5.10 Å². The van der Waals surface area contributed by atoms with Crippen molar-refractivity contribution in [3.63, 3.8) is 0 Å². The first kappa shape index (κ1) is 18.4. The summed E-state index contributed by atoms with van der Waals surface area (Å²) in [6, 6.07) is 12.6. The molecule has 2 atom stereocenters. The van der Waals surface area contributed by atoms with Gasteiger partial charge in [0, 0.05) is 10.5 Å². The fourth-order valence-corrected chi connectivity index (χ4v) is 3.23. The maximum absolute atomic E-state index is 12.2. The average Bonchev–Trinajstić information content (AvgIpc) is 3.07. The molecule has 0 saturated carbocycles. The summed E-state index contributed by atoms with van der Waals surface area (Å²) in [4.78, 5) is 12.2. The quantitative estimate of drug-likeness (QED) is 0.499. The average molecular weight is 442 g/mol. The van der Waals surface area contributed by atoms with Gasteiger partial charge in [0.25, 0.3) is 5.91 Å². The molecule has 0 radical (unpaired) electrons. The fourth-order valence-electron chi connectivity index (χ4n) is 2.51. The number of hydrogen-bond donors (Lipinski definition) is 3. The van der Waals surface area contributed by atoms with Crippen LogP contribution in [0.2, 0.25) is 10.0 Å². The van der Waals surface area contributed by atoms with Crippen LogP contribution in [0.5, 0.6) is 0 Å². The molecule has 5 nitrogen and oxygen atoms in total. The van der Waals surface area contributed by atoms with Gasteiger partial charge in [-0.3, -0.25) is 4.79 Å². The van der Waals surface area contributed by atoms with E-state index in [1.165, 1.54) is 0 Å². The number of carbonyl (C=O) groups excluding carboxylic acids is 1. The molecule has 2 aromatic rings. The van der Waals surface area contributed by atoms with Gasteiger partial charge in [-0.15, -0.1) is 0 Å². The fraction of sp³-hybridized carbons (Fsp3) is 0.176. The number of nitrogens with zero attached hydrogens (tertiary/aromatic N) is 1. The maximum atomic E-state index is 12.2. The molecule has 25 heavy (non-hydrogen) atoms. The van der Waals surface area contributed by atoms with Crippen LogP contribution < -0.4 is 16.3 Å². The normalized spacial score (nSPS) is 20.1. The van der Waals surface area contributed by atoms with E-state index in [2.05, 4.69) is 37.3 Å². The van der Waals surface area contributed by atoms with Crippen molar-refractivity contribution >= 4 is 51.3 Å². The van der Waals surface area contributed by atoms with Gasteiger partial charge in [0.05, 0.1) is 16.3 Å². The van der Waals surface area contributed by atoms with Crippen molar-refractivity contribution in [2.75, 3.05) is 0 Å². The Kier molecular flexibility index (Phi) is 6.09. The number of carbonyl (C=O) groups is 1. The van der Waals surface area contributed by atoms with Crippen LogP contribution >= 0.6 is 39.1 Å². The zero-order valence-electron chi connectivity index (χ0n) is 13.0. The predicted octanol–water partition coefficient (Wildman–Crippen LogP) is 3.81. The minimum absolute atomic E-state index is 0.0282. The van der Waals surface area contributed by atoms with Gasteiger partial charge in [-0.25, -0.2) is 16.3 Å². The van der Waals surface area contributed by atoms with Crippen LogP contribution in [0.4, 0.5) is 0 Å². The first-order valence-electron chi connectivity index (χ1n) is 7.57. The molecule has 1 saturated heterocycles. The second kappa shape index (κ2) is 8.29. The molecular formula is C17H15BrCl2N4O. The number of benzene rings is 2. The summed E-state index contributed by atoms with van der Waals surface area (Å²) in [6.45, 7) is 0. The van der Waals surface area contributed by atoms with Crippen LogP contribution in [0.15, 0.2) is 52.0 Å². The Morgan fingerprint density at radius 3 is 2.80 bits per heavy atom. The van der Waals surface area contributed by atoms with E-state index in [1.54, 1.807) is 18.3 Å². The van der Waals surface area contributed by atoms with Crippen LogP contribution in [-0.2, 0) is 4.79 Å². The number of nitrogens with one attached hydrogen (secondary N) is 3. The van der Waals surface area contributed by atoms with E-state index in [-0.39, 0.29) is 18.0 Å². The smallest absolute Gasteiger partial charge is 0.258 e. The highest BCUT2D eigenvalue weighted by atomic mass is 79.9. The Bertz CT molecular complexity index is 815. The van der Waals surface area contributed by atoms with E-state index < -0.39 is 0 Å². The molecule has 3 rings (SSSR count). The van der Waals surface area contributed by atoms with E-state index in [9.17, 15) is 4.79 Å². The number of hydrazine groups is 1. The van der Waals surface area contributed by atoms with Crippen molar-refractivity contribution in [3.05, 3.63) is 68.1 Å². The summed E-state index contributed by atoms with van der Waals surface area (Å²) in [7, 11) is 0. The van der Waals surface area contributed by atoms with E-state index in [1.807, 2.05) is 30.3 Å². The summed E-state index contributed by atoms with van der Waals surface area (Å²) < 4.78 is 0.953. The highest BCUT2D eigenvalue weighted by Gasteiger charge is 2.30. The van der Waals surface area contributed by atoms with Gasteiger partial charge in [-0.05, 0) is 41.8 Å². The molecule has 0 bridgehead atoms. The lowest BCUT2D eigenvalue weighted by molar-refractivity contribution is -0.122. The topological polar surface area (TPSA) is 65.5 Å². The second-order valence-electron chi connectivity index (χ2n) is 5.59. The zero-order valence-corrected chi connectivity index (χ0v) is 16.1. The van der Waals surface area contributed by atoms with E-state index in [4.69, 9.17) is 23.2 Å². The number of halogens is 3. The van der Waals surface area contributed by atoms with Crippen LogP contribution in [0.25, 0.3) is 0 Å². The van der Waals surface area contributed by atoms with Gasteiger partial charge in [0.15, 0.2) is 0 Å². The minimum atomic E-state index is -0.390. The number of hydrogen-bond acceptors (Lipinski definition) is 4. The molecule has 1 fully saturated rings. The third kappa shape index (κ3) is 4.80. The first-order chi connectivity index (χ1) is 12.0. The third-order valence-corrected chi connectivity index (χ3v) is 5.04. The Morgan fingerprint density at radius 1 is 1.20 bits per heavy atom. The van der Waals surface area contributed by atoms with Gasteiger partial charge in [-0.1, -0.05) is 57.3 Å². The van der Waals surface area contributed by atoms with Crippen LogP contribution in [0.3, 0.4) is 0 Å². The van der Waals surface area contributed by atoms with Gasteiger partial charge in [0.1, 0.15) is 6.04 Å². The Labute approximate surface area is 163 Å². The molecule has 8 heteroatoms. The van der Waals surface area contributed by atoms with Crippen LogP contribution in [0, 0.1) is 0 Å². The van der Waals surface area contributed by atoms with Gasteiger partial charge in [-0.2, -0.15) is 5.10 Å². The summed E-state index contributed by atoms with van der Waals surface area (Å²) >= 11 is 15.4. The highest BCUT2D eigenvalue weighted by Crippen LogP contribution is 2.28. The lowest BCUT2D eigenvalue weighted by Gasteiger charge is -2.10. The molecule has 1 aliphatic heterocycles. The first-order valence-corrected chi connectivity index (χ1v) is 9.12. The van der Waals surface area contributed by atoms with Crippen molar-refractivity contribution in [3.8, 4) is 0 Å². The molecule has 3 N–H and O–H groups in total. The van der Waals surface area contributed by atoms with Crippen LogP contribution in [-0.4, -0.2) is 18.2 Å². The van der Waals surface area contributed by atoms with Crippen molar-refractivity contribution in [1.82, 2.24) is 16.3 Å². The molecule has 1 amide bonds. The second-order valence-corrected chi connectivity index (χ2v) is 7.32. The SMILES string of the molecule is O=C(N/N=C/c1cccc(Br)c1)C1CC(c2ccc(Cl)c(Cl)c2)NN1. The summed E-state index contributed by atoms with van der Waals surface area (Å²) in [6.07, 6.45) is 2.18. The lowest BCUT2D eigenvalue weighted by Crippen LogP contribution is -2.41. The van der Waals surface area contributed by atoms with Gasteiger partial charge < -0.3 is 0 Å². The molecule has 2 aromatic carbocycles. The Morgan fingerprint density at radius 2 is 2.04 bits per heavy atom. The number of rotatable bonds is 4. The number of hydrazone groups is 1. The minimum Gasteiger partial charge on any atom is -0.271 e. The molecule has 130 valence electrons. The summed E-state index contributed by atoms with van der Waals surface area (Å²) in [5, 5.41) is 5.00. The molecule has 0 aliphatic carbocycles. The lowest BCUT2D eigenvalue weighted by atomic mass is 10.0. The largest absolute Gasteiger partial charge is 0.271 e. The van der Waals surface area contributed by atoms with Crippen molar-refractivity contribution in [2.45, 2.75) is 18.5 Å². The molecule has 1 aliphatic rings. The maximum Gasteiger partial charge on any atom is 0.258 e. The molecule has 1 heterocycles. The van der Waals surface area contributed by atoms with Crippen molar-refractivity contribution in [1.29, 1.82) is 0 Å². The third-order valence-electron chi connectivity index (χ3n) is 3.80. The Hall–Kier alpha value is -1.44. The predicted molar refractivity (Wildman–Crippen MR) is 104 cm³/mol. The van der Waals surface area contributed by atoms with Gasteiger partial charge >= 0.3 is 0 Å². The van der Waals surface area contributed by atoms with Gasteiger partial charge in [0.2, 0.25) is 0 Å². The molecule has 0 aromatic heterocycles. The van der Waals surface area contributed by atoms with E-state index in [0.717, 1.165) is 15.6 Å². The monoisotopic (exact) mass is 440 g/mol.